The monoisotopic (exact) mass is 397 g/mol. The number of aryl methyl sites for hydroxylation is 1. The predicted molar refractivity (Wildman–Crippen MR) is 117 cm³/mol. The lowest BCUT2D eigenvalue weighted by Gasteiger charge is -2.15. The fourth-order valence-electron chi connectivity index (χ4n) is 3.47. The molecule has 0 aliphatic rings. The zero-order valence-electron chi connectivity index (χ0n) is 15.9. The van der Waals surface area contributed by atoms with E-state index >= 15 is 0 Å². The van der Waals surface area contributed by atoms with Crippen LogP contribution in [0, 0.1) is 6.92 Å². The number of rotatable bonds is 5. The minimum Gasteiger partial charge on any atom is -0.330 e. The van der Waals surface area contributed by atoms with Crippen molar-refractivity contribution < 1.29 is 0 Å². The van der Waals surface area contributed by atoms with Gasteiger partial charge in [0.25, 0.3) is 0 Å². The van der Waals surface area contributed by atoms with Crippen molar-refractivity contribution in [3.05, 3.63) is 107 Å². The van der Waals surface area contributed by atoms with Gasteiger partial charge in [-0.15, -0.1) is 15.3 Å². The van der Waals surface area contributed by atoms with E-state index in [-0.39, 0.29) is 5.92 Å². The van der Waals surface area contributed by atoms with Crippen LogP contribution >= 0.6 is 11.3 Å². The molecule has 3 aromatic carbocycles. The second-order valence-corrected chi connectivity index (χ2v) is 7.81. The van der Waals surface area contributed by atoms with Crippen LogP contribution in [-0.4, -0.2) is 19.8 Å². The SMILES string of the molecule is Cc1ccccc1Nc1nn2c(C(c3ccccc3)c3ccccc3)nnc2s1. The Morgan fingerprint density at radius 1 is 0.793 bits per heavy atom. The zero-order valence-corrected chi connectivity index (χ0v) is 16.7. The van der Waals surface area contributed by atoms with Crippen molar-refractivity contribution in [3.63, 3.8) is 0 Å². The summed E-state index contributed by atoms with van der Waals surface area (Å²) in [6.45, 7) is 2.08. The van der Waals surface area contributed by atoms with E-state index in [1.165, 1.54) is 16.9 Å². The normalized spacial score (nSPS) is 11.2. The molecule has 5 rings (SSSR count). The number of nitrogens with zero attached hydrogens (tertiary/aromatic N) is 4. The molecule has 0 unspecified atom stereocenters. The van der Waals surface area contributed by atoms with Crippen molar-refractivity contribution in [3.8, 4) is 0 Å². The van der Waals surface area contributed by atoms with Crippen LogP contribution in [0.25, 0.3) is 4.96 Å². The molecular formula is C23H19N5S. The first-order valence-electron chi connectivity index (χ1n) is 9.44. The first-order valence-corrected chi connectivity index (χ1v) is 10.3. The summed E-state index contributed by atoms with van der Waals surface area (Å²) < 4.78 is 1.86. The highest BCUT2D eigenvalue weighted by Gasteiger charge is 2.24. The maximum absolute atomic E-state index is 4.78. The smallest absolute Gasteiger partial charge is 0.236 e. The summed E-state index contributed by atoms with van der Waals surface area (Å²) in [6.07, 6.45) is 0. The second-order valence-electron chi connectivity index (χ2n) is 6.85. The molecular weight excluding hydrogens is 378 g/mol. The van der Waals surface area contributed by atoms with E-state index in [0.29, 0.717) is 0 Å². The average Bonchev–Trinajstić information content (AvgIpc) is 3.33. The highest BCUT2D eigenvalue weighted by atomic mass is 32.1. The molecule has 0 fully saturated rings. The molecule has 6 heteroatoms. The molecule has 0 saturated heterocycles. The van der Waals surface area contributed by atoms with Crippen LogP contribution in [0.1, 0.15) is 28.4 Å². The van der Waals surface area contributed by atoms with Crippen molar-refractivity contribution in [1.82, 2.24) is 19.8 Å². The Labute approximate surface area is 172 Å². The Kier molecular flexibility index (Phi) is 4.54. The van der Waals surface area contributed by atoms with Gasteiger partial charge < -0.3 is 5.32 Å². The van der Waals surface area contributed by atoms with Crippen molar-refractivity contribution >= 4 is 27.1 Å². The number of hydrogen-bond acceptors (Lipinski definition) is 5. The van der Waals surface area contributed by atoms with Gasteiger partial charge in [-0.25, -0.2) is 0 Å². The number of fused-ring (bicyclic) bond motifs is 1. The summed E-state index contributed by atoms with van der Waals surface area (Å²) in [7, 11) is 0. The maximum atomic E-state index is 4.78. The van der Waals surface area contributed by atoms with Crippen LogP contribution in [0.4, 0.5) is 10.8 Å². The van der Waals surface area contributed by atoms with Crippen LogP contribution in [0.2, 0.25) is 0 Å². The minimum atomic E-state index is -0.0409. The van der Waals surface area contributed by atoms with Gasteiger partial charge in [0.1, 0.15) is 0 Å². The van der Waals surface area contributed by atoms with Crippen LogP contribution in [0.5, 0.6) is 0 Å². The van der Waals surface area contributed by atoms with E-state index in [4.69, 9.17) is 5.10 Å². The molecule has 0 radical (unpaired) electrons. The Balaban J connectivity index is 1.59. The molecule has 2 aromatic heterocycles. The lowest BCUT2D eigenvalue weighted by molar-refractivity contribution is 0.786. The Morgan fingerprint density at radius 2 is 1.41 bits per heavy atom. The molecule has 2 heterocycles. The highest BCUT2D eigenvalue weighted by molar-refractivity contribution is 7.20. The number of para-hydroxylation sites is 1. The molecule has 0 spiro atoms. The molecule has 29 heavy (non-hydrogen) atoms. The average molecular weight is 398 g/mol. The van der Waals surface area contributed by atoms with Crippen molar-refractivity contribution in [2.24, 2.45) is 0 Å². The summed E-state index contributed by atoms with van der Waals surface area (Å²) in [5.74, 6) is 0.771. The number of hydrogen-bond donors (Lipinski definition) is 1. The molecule has 0 saturated carbocycles. The van der Waals surface area contributed by atoms with E-state index in [0.717, 1.165) is 32.7 Å². The van der Waals surface area contributed by atoms with Gasteiger partial charge in [0.15, 0.2) is 5.82 Å². The standard InChI is InChI=1S/C23H19N5S/c1-16-10-8-9-15-19(16)24-22-27-28-21(25-26-23(28)29-22)20(17-11-4-2-5-12-17)18-13-6-3-7-14-18/h2-15,20H,1H3,(H,24,27). The van der Waals surface area contributed by atoms with Gasteiger partial charge in [-0.05, 0) is 29.7 Å². The first kappa shape index (κ1) is 17.6. The quantitative estimate of drug-likeness (QED) is 0.430. The Hall–Kier alpha value is -3.51. The van der Waals surface area contributed by atoms with Gasteiger partial charge >= 0.3 is 0 Å². The molecule has 142 valence electrons. The number of anilines is 2. The lowest BCUT2D eigenvalue weighted by atomic mass is 9.91. The van der Waals surface area contributed by atoms with Gasteiger partial charge in [0.2, 0.25) is 10.1 Å². The summed E-state index contributed by atoms with van der Waals surface area (Å²) in [5, 5.41) is 17.9. The molecule has 5 nitrogen and oxygen atoms in total. The maximum Gasteiger partial charge on any atom is 0.236 e. The highest BCUT2D eigenvalue weighted by Crippen LogP contribution is 2.33. The van der Waals surface area contributed by atoms with Crippen molar-refractivity contribution in [2.75, 3.05) is 5.32 Å². The van der Waals surface area contributed by atoms with E-state index in [1.54, 1.807) is 0 Å². The fourth-order valence-corrected chi connectivity index (χ4v) is 4.23. The minimum absolute atomic E-state index is 0.0409. The number of aromatic nitrogens is 4. The third-order valence-electron chi connectivity index (χ3n) is 4.93. The molecule has 0 amide bonds. The van der Waals surface area contributed by atoms with Gasteiger partial charge in [-0.3, -0.25) is 0 Å². The van der Waals surface area contributed by atoms with Crippen LogP contribution < -0.4 is 5.32 Å². The van der Waals surface area contributed by atoms with Crippen LogP contribution in [0.3, 0.4) is 0 Å². The van der Waals surface area contributed by atoms with E-state index < -0.39 is 0 Å². The third-order valence-corrected chi connectivity index (χ3v) is 5.74. The summed E-state index contributed by atoms with van der Waals surface area (Å²) in [4.78, 5) is 0.771. The van der Waals surface area contributed by atoms with Crippen LogP contribution in [0.15, 0.2) is 84.9 Å². The lowest BCUT2D eigenvalue weighted by Crippen LogP contribution is -2.09. The van der Waals surface area contributed by atoms with Gasteiger partial charge in [0.05, 0.1) is 5.92 Å². The largest absolute Gasteiger partial charge is 0.330 e. The van der Waals surface area contributed by atoms with E-state index in [9.17, 15) is 0 Å². The Bertz CT molecular complexity index is 1200. The summed E-state index contributed by atoms with van der Waals surface area (Å²) >= 11 is 1.50. The third kappa shape index (κ3) is 3.39. The van der Waals surface area contributed by atoms with Gasteiger partial charge in [-0.1, -0.05) is 90.2 Å². The van der Waals surface area contributed by atoms with Crippen molar-refractivity contribution in [2.45, 2.75) is 12.8 Å². The molecule has 5 aromatic rings. The molecule has 1 N–H and O–H groups in total. The molecule has 0 aliphatic heterocycles. The summed E-state index contributed by atoms with van der Waals surface area (Å²) in [5.41, 5.74) is 4.54. The van der Waals surface area contributed by atoms with Gasteiger partial charge in [0, 0.05) is 5.69 Å². The summed E-state index contributed by atoms with van der Waals surface area (Å²) in [6, 6.07) is 28.9. The van der Waals surface area contributed by atoms with E-state index in [1.807, 2.05) is 28.8 Å². The first-order chi connectivity index (χ1) is 14.3. The topological polar surface area (TPSA) is 55.1 Å². The van der Waals surface area contributed by atoms with E-state index in [2.05, 4.69) is 83.1 Å². The molecule has 0 aliphatic carbocycles. The zero-order chi connectivity index (χ0) is 19.6. The van der Waals surface area contributed by atoms with Crippen LogP contribution in [-0.2, 0) is 0 Å². The molecule has 0 atom stereocenters. The number of benzene rings is 3. The fraction of sp³-hybridized carbons (Fsp3) is 0.0870. The van der Waals surface area contributed by atoms with Crippen molar-refractivity contribution in [1.29, 1.82) is 0 Å². The van der Waals surface area contributed by atoms with Gasteiger partial charge in [-0.2, -0.15) is 4.52 Å². The Morgan fingerprint density at radius 3 is 2.07 bits per heavy atom. The number of nitrogens with one attached hydrogen (secondary N) is 1. The second kappa shape index (κ2) is 7.48. The predicted octanol–water partition coefficient (Wildman–Crippen LogP) is 5.42. The molecule has 0 bridgehead atoms.